The van der Waals surface area contributed by atoms with Crippen LogP contribution in [0, 0.1) is 0 Å². The van der Waals surface area contributed by atoms with Crippen molar-refractivity contribution in [3.63, 3.8) is 0 Å². The van der Waals surface area contributed by atoms with E-state index in [-0.39, 0.29) is 11.9 Å². The molecule has 1 aliphatic rings. The molecule has 0 radical (unpaired) electrons. The van der Waals surface area contributed by atoms with Gasteiger partial charge >= 0.3 is 0 Å². The first-order valence-corrected chi connectivity index (χ1v) is 7.46. The maximum Gasteiger partial charge on any atom is 0.170 e. The highest BCUT2D eigenvalue weighted by Crippen LogP contribution is 2.39. The molecule has 0 saturated carbocycles. The first kappa shape index (κ1) is 12.7. The maximum absolute atomic E-state index is 12.2. The molecule has 5 heteroatoms. The number of carbonyl (C=O) groups excluding carboxylic acids is 1. The second kappa shape index (κ2) is 4.98. The van der Waals surface area contributed by atoms with E-state index in [1.807, 2.05) is 11.4 Å². The van der Waals surface area contributed by atoms with Crippen molar-refractivity contribution in [2.45, 2.75) is 12.5 Å². The van der Waals surface area contributed by atoms with Crippen molar-refractivity contribution in [3.8, 4) is 11.5 Å². The van der Waals surface area contributed by atoms with Crippen LogP contribution in [0.15, 0.2) is 34.1 Å². The average molecular weight is 339 g/mol. The lowest BCUT2D eigenvalue weighted by molar-refractivity contribution is 0.0853. The Morgan fingerprint density at radius 2 is 2.26 bits per heavy atom. The number of halogens is 1. The average Bonchev–Trinajstić information content (AvgIpc) is 2.85. The Kier molecular flexibility index (Phi) is 3.33. The van der Waals surface area contributed by atoms with E-state index >= 15 is 0 Å². The van der Waals surface area contributed by atoms with E-state index in [2.05, 4.69) is 15.9 Å². The van der Waals surface area contributed by atoms with Crippen molar-refractivity contribution in [1.29, 1.82) is 0 Å². The van der Waals surface area contributed by atoms with E-state index in [1.54, 1.807) is 36.6 Å². The van der Waals surface area contributed by atoms with Crippen molar-refractivity contribution in [2.75, 3.05) is 7.11 Å². The third-order valence-corrected chi connectivity index (χ3v) is 4.82. The van der Waals surface area contributed by atoms with E-state index in [9.17, 15) is 4.79 Å². The number of ketones is 1. The second-order valence-corrected chi connectivity index (χ2v) is 6.12. The van der Waals surface area contributed by atoms with Gasteiger partial charge in [-0.1, -0.05) is 0 Å². The maximum atomic E-state index is 12.2. The van der Waals surface area contributed by atoms with Gasteiger partial charge in [0.1, 0.15) is 17.6 Å². The predicted octanol–water partition coefficient (Wildman–Crippen LogP) is 4.23. The van der Waals surface area contributed by atoms with Gasteiger partial charge in [0.25, 0.3) is 0 Å². The lowest BCUT2D eigenvalue weighted by atomic mass is 9.99. The van der Waals surface area contributed by atoms with Crippen LogP contribution in [0.3, 0.4) is 0 Å². The summed E-state index contributed by atoms with van der Waals surface area (Å²) < 4.78 is 12.1. The van der Waals surface area contributed by atoms with Gasteiger partial charge < -0.3 is 9.47 Å². The molecule has 1 aliphatic heterocycles. The van der Waals surface area contributed by atoms with Gasteiger partial charge in [-0.3, -0.25) is 4.79 Å². The zero-order valence-electron chi connectivity index (χ0n) is 10.2. The molecule has 1 unspecified atom stereocenters. The van der Waals surface area contributed by atoms with E-state index < -0.39 is 0 Å². The van der Waals surface area contributed by atoms with E-state index in [0.29, 0.717) is 23.5 Å². The molecule has 0 N–H and O–H groups in total. The van der Waals surface area contributed by atoms with Gasteiger partial charge in [-0.15, -0.1) is 11.3 Å². The summed E-state index contributed by atoms with van der Waals surface area (Å²) in [5.41, 5.74) is 0.603. The fourth-order valence-electron chi connectivity index (χ4n) is 2.09. The van der Waals surface area contributed by atoms with E-state index in [4.69, 9.17) is 9.47 Å². The molecular formula is C14H11BrO3S. The number of Topliss-reactive ketones (excluding diaryl/α,β-unsaturated/α-hetero) is 1. The number of carbonyl (C=O) groups is 1. The van der Waals surface area contributed by atoms with Gasteiger partial charge in [0, 0.05) is 14.7 Å². The Labute approximate surface area is 123 Å². The summed E-state index contributed by atoms with van der Waals surface area (Å²) in [6, 6.07) is 7.33. The third kappa shape index (κ3) is 2.40. The molecule has 0 aliphatic carbocycles. The van der Waals surface area contributed by atoms with Crippen LogP contribution >= 0.6 is 27.3 Å². The van der Waals surface area contributed by atoms with Crippen molar-refractivity contribution < 1.29 is 14.3 Å². The van der Waals surface area contributed by atoms with Crippen LogP contribution < -0.4 is 9.47 Å². The van der Waals surface area contributed by atoms with Gasteiger partial charge in [0.2, 0.25) is 0 Å². The van der Waals surface area contributed by atoms with E-state index in [1.165, 1.54) is 0 Å². The molecule has 0 saturated heterocycles. The van der Waals surface area contributed by atoms with Crippen molar-refractivity contribution in [1.82, 2.24) is 0 Å². The predicted molar refractivity (Wildman–Crippen MR) is 77.3 cm³/mol. The first-order chi connectivity index (χ1) is 9.17. The van der Waals surface area contributed by atoms with Crippen molar-refractivity contribution in [2.24, 2.45) is 0 Å². The Balaban J connectivity index is 1.94. The quantitative estimate of drug-likeness (QED) is 0.822. The monoisotopic (exact) mass is 338 g/mol. The number of ether oxygens (including phenoxy) is 2. The lowest BCUT2D eigenvalue weighted by Gasteiger charge is -2.24. The van der Waals surface area contributed by atoms with Crippen LogP contribution in [0.4, 0.5) is 0 Å². The lowest BCUT2D eigenvalue weighted by Crippen LogP contribution is -2.19. The highest BCUT2D eigenvalue weighted by atomic mass is 79.9. The number of rotatable bonds is 2. The molecule has 0 amide bonds. The van der Waals surface area contributed by atoms with Gasteiger partial charge in [-0.05, 0) is 40.2 Å². The number of methoxy groups -OCH3 is 1. The summed E-state index contributed by atoms with van der Waals surface area (Å²) in [6.45, 7) is 0. The molecule has 0 fully saturated rings. The van der Waals surface area contributed by atoms with Crippen molar-refractivity contribution >= 4 is 33.0 Å². The molecule has 19 heavy (non-hydrogen) atoms. The van der Waals surface area contributed by atoms with Crippen LogP contribution in [0.5, 0.6) is 11.5 Å². The molecular weight excluding hydrogens is 328 g/mol. The molecule has 2 heterocycles. The molecule has 3 rings (SSSR count). The van der Waals surface area contributed by atoms with E-state index in [0.717, 1.165) is 9.35 Å². The standard InChI is InChI=1S/C14H11BrO3S/c1-17-9-2-3-12-10(5-9)11(16)6-13(18-12)14-4-8(15)7-19-14/h2-5,7,13H,6H2,1H3. The van der Waals surface area contributed by atoms with Crippen molar-refractivity contribution in [3.05, 3.63) is 44.6 Å². The Bertz CT molecular complexity index is 635. The minimum atomic E-state index is -0.190. The van der Waals surface area contributed by atoms with Gasteiger partial charge in [-0.25, -0.2) is 0 Å². The van der Waals surface area contributed by atoms with Crippen LogP contribution in [0.1, 0.15) is 27.8 Å². The molecule has 1 atom stereocenters. The number of fused-ring (bicyclic) bond motifs is 1. The zero-order valence-corrected chi connectivity index (χ0v) is 12.6. The molecule has 1 aromatic heterocycles. The number of hydrogen-bond acceptors (Lipinski definition) is 4. The topological polar surface area (TPSA) is 35.5 Å². The summed E-state index contributed by atoms with van der Waals surface area (Å²) in [7, 11) is 1.59. The number of benzene rings is 1. The second-order valence-electron chi connectivity index (χ2n) is 4.26. The molecule has 2 aromatic rings. The fraction of sp³-hybridized carbons (Fsp3) is 0.214. The van der Waals surface area contributed by atoms with Gasteiger partial charge in [-0.2, -0.15) is 0 Å². The first-order valence-electron chi connectivity index (χ1n) is 5.79. The molecule has 0 spiro atoms. The van der Waals surface area contributed by atoms with Gasteiger partial charge in [0.15, 0.2) is 5.78 Å². The summed E-state index contributed by atoms with van der Waals surface area (Å²) in [5.74, 6) is 1.40. The highest BCUT2D eigenvalue weighted by molar-refractivity contribution is 9.10. The Morgan fingerprint density at radius 1 is 1.42 bits per heavy atom. The smallest absolute Gasteiger partial charge is 0.170 e. The Morgan fingerprint density at radius 3 is 2.95 bits per heavy atom. The summed E-state index contributed by atoms with van der Waals surface area (Å²) >= 11 is 5.01. The highest BCUT2D eigenvalue weighted by Gasteiger charge is 2.28. The largest absolute Gasteiger partial charge is 0.497 e. The van der Waals surface area contributed by atoms with Crippen LogP contribution in [0.2, 0.25) is 0 Å². The fourth-order valence-corrected chi connectivity index (χ4v) is 3.56. The summed E-state index contributed by atoms with van der Waals surface area (Å²) in [4.78, 5) is 13.3. The zero-order chi connectivity index (χ0) is 13.4. The normalized spacial score (nSPS) is 17.8. The minimum Gasteiger partial charge on any atom is -0.497 e. The Hall–Kier alpha value is -1.33. The van der Waals surface area contributed by atoms with Crippen LogP contribution in [0.25, 0.3) is 0 Å². The molecule has 1 aromatic carbocycles. The van der Waals surface area contributed by atoms with Gasteiger partial charge in [0.05, 0.1) is 19.1 Å². The molecule has 98 valence electrons. The molecule has 0 bridgehead atoms. The SMILES string of the molecule is COc1ccc2c(c1)C(=O)CC(c1cc(Br)cs1)O2. The molecule has 3 nitrogen and oxygen atoms in total. The minimum absolute atomic E-state index is 0.0923. The summed E-state index contributed by atoms with van der Waals surface area (Å²) in [5, 5.41) is 1.99. The number of thiophene rings is 1. The van der Waals surface area contributed by atoms with Crippen LogP contribution in [-0.4, -0.2) is 12.9 Å². The van der Waals surface area contributed by atoms with Crippen LogP contribution in [-0.2, 0) is 0 Å². The number of hydrogen-bond donors (Lipinski definition) is 0. The summed E-state index contributed by atoms with van der Waals surface area (Å²) in [6.07, 6.45) is 0.178. The third-order valence-electron chi connectivity index (χ3n) is 3.03.